The Balaban J connectivity index is 1.50. The normalized spacial score (nSPS) is 12.0. The molecule has 2 aromatic carbocycles. The third-order valence-electron chi connectivity index (χ3n) is 5.59. The van der Waals surface area contributed by atoms with E-state index in [9.17, 15) is 8.42 Å². The molecule has 0 radical (unpaired) electrons. The molecule has 0 spiro atoms. The van der Waals surface area contributed by atoms with Gasteiger partial charge < -0.3 is 13.8 Å². The van der Waals surface area contributed by atoms with Gasteiger partial charge in [-0.15, -0.1) is 0 Å². The summed E-state index contributed by atoms with van der Waals surface area (Å²) in [6.45, 7) is 5.08. The van der Waals surface area contributed by atoms with E-state index in [0.29, 0.717) is 29.5 Å². The first-order valence-corrected chi connectivity index (χ1v) is 12.7. The Kier molecular flexibility index (Phi) is 6.99. The number of aryl methyl sites for hydroxylation is 2. The molecule has 4 aromatic rings. The molecule has 0 atom stereocenters. The molecular formula is C24H29N5O4S. The molecule has 0 unspecified atom stereocenters. The Hall–Kier alpha value is -3.24. The van der Waals surface area contributed by atoms with E-state index in [1.807, 2.05) is 35.8 Å². The number of rotatable bonds is 10. The van der Waals surface area contributed by atoms with E-state index in [1.165, 1.54) is 18.4 Å². The first-order chi connectivity index (χ1) is 16.3. The van der Waals surface area contributed by atoms with Crippen molar-refractivity contribution >= 4 is 21.1 Å². The minimum atomic E-state index is -3.53. The van der Waals surface area contributed by atoms with Gasteiger partial charge in [0, 0.05) is 32.6 Å². The first-order valence-electron chi connectivity index (χ1n) is 11.3. The van der Waals surface area contributed by atoms with Crippen LogP contribution in [0.15, 0.2) is 51.9 Å². The topological polar surface area (TPSA) is 103 Å². The molecule has 2 heterocycles. The monoisotopic (exact) mass is 483 g/mol. The summed E-state index contributed by atoms with van der Waals surface area (Å²) in [5.74, 6) is 2.62. The summed E-state index contributed by atoms with van der Waals surface area (Å²) in [7, 11) is -0.503. The largest absolute Gasteiger partial charge is 0.486 e. The number of imidazole rings is 1. The fourth-order valence-electron chi connectivity index (χ4n) is 3.64. The minimum Gasteiger partial charge on any atom is -0.486 e. The average molecular weight is 484 g/mol. The lowest BCUT2D eigenvalue weighted by atomic mass is 10.2. The van der Waals surface area contributed by atoms with Gasteiger partial charge in [0.25, 0.3) is 0 Å². The second-order valence-electron chi connectivity index (χ2n) is 8.14. The van der Waals surface area contributed by atoms with Crippen molar-refractivity contribution in [3.8, 4) is 17.1 Å². The Labute approximate surface area is 199 Å². The summed E-state index contributed by atoms with van der Waals surface area (Å²) in [5.41, 5.74) is 2.34. The highest BCUT2D eigenvalue weighted by Crippen LogP contribution is 2.24. The molecule has 0 aliphatic carbocycles. The second kappa shape index (κ2) is 9.94. The molecule has 0 aliphatic heterocycles. The van der Waals surface area contributed by atoms with Crippen LogP contribution in [0.5, 0.6) is 5.75 Å². The number of benzene rings is 2. The molecule has 0 amide bonds. The molecule has 0 saturated carbocycles. The van der Waals surface area contributed by atoms with Gasteiger partial charge >= 0.3 is 0 Å². The van der Waals surface area contributed by atoms with Crippen LogP contribution in [0.2, 0.25) is 0 Å². The molecule has 0 saturated heterocycles. The number of aromatic nitrogens is 4. The summed E-state index contributed by atoms with van der Waals surface area (Å²) in [6.07, 6.45) is 2.88. The van der Waals surface area contributed by atoms with Gasteiger partial charge in [0.1, 0.15) is 18.2 Å². The molecule has 34 heavy (non-hydrogen) atoms. The Bertz CT molecular complexity index is 1370. The van der Waals surface area contributed by atoms with Gasteiger partial charge in [0.15, 0.2) is 0 Å². The predicted octanol–water partition coefficient (Wildman–Crippen LogP) is 4.28. The van der Waals surface area contributed by atoms with Crippen LogP contribution in [0.1, 0.15) is 38.4 Å². The number of unbranched alkanes of at least 4 members (excludes halogenated alkanes) is 1. The van der Waals surface area contributed by atoms with Crippen molar-refractivity contribution in [2.24, 2.45) is 0 Å². The minimum absolute atomic E-state index is 0.216. The van der Waals surface area contributed by atoms with E-state index in [4.69, 9.17) is 9.26 Å². The highest BCUT2D eigenvalue weighted by Gasteiger charge is 2.19. The van der Waals surface area contributed by atoms with Crippen molar-refractivity contribution in [1.82, 2.24) is 24.0 Å². The molecule has 10 heteroatoms. The van der Waals surface area contributed by atoms with Crippen LogP contribution in [-0.4, -0.2) is 46.5 Å². The van der Waals surface area contributed by atoms with Crippen molar-refractivity contribution in [2.45, 2.75) is 51.2 Å². The molecule has 0 aliphatic rings. The Morgan fingerprint density at radius 2 is 1.82 bits per heavy atom. The average Bonchev–Trinajstić information content (AvgIpc) is 3.45. The zero-order valence-corrected chi connectivity index (χ0v) is 20.7. The highest BCUT2D eigenvalue weighted by atomic mass is 32.2. The van der Waals surface area contributed by atoms with Crippen LogP contribution in [0.4, 0.5) is 0 Å². The number of ether oxygens (including phenoxy) is 1. The zero-order valence-electron chi connectivity index (χ0n) is 19.9. The predicted molar refractivity (Wildman–Crippen MR) is 129 cm³/mol. The van der Waals surface area contributed by atoms with Crippen LogP contribution in [0, 0.1) is 0 Å². The van der Waals surface area contributed by atoms with Crippen molar-refractivity contribution in [3.05, 3.63) is 54.2 Å². The lowest BCUT2D eigenvalue weighted by Gasteiger charge is -2.11. The molecule has 9 nitrogen and oxygen atoms in total. The third kappa shape index (κ3) is 4.83. The smallest absolute Gasteiger partial charge is 0.242 e. The molecule has 0 fully saturated rings. The number of hydrogen-bond donors (Lipinski definition) is 0. The fourth-order valence-corrected chi connectivity index (χ4v) is 4.57. The number of sulfonamides is 1. The molecule has 0 bridgehead atoms. The van der Waals surface area contributed by atoms with Gasteiger partial charge in [0.2, 0.25) is 21.7 Å². The standard InChI is InChI=1S/C24H29N5O4S/c1-5-7-8-23-26-24(27-33-23)17-9-11-18(12-10-17)32-16-22-25-20-15-19(34(30,31)28(3)4)13-14-21(20)29(22)6-2/h9-15H,5-8,16H2,1-4H3. The van der Waals surface area contributed by atoms with Crippen LogP contribution >= 0.6 is 0 Å². The molecule has 4 rings (SSSR count). The van der Waals surface area contributed by atoms with Crippen LogP contribution in [0.25, 0.3) is 22.4 Å². The van der Waals surface area contributed by atoms with Crippen molar-refractivity contribution in [1.29, 1.82) is 0 Å². The Morgan fingerprint density at radius 1 is 1.06 bits per heavy atom. The molecule has 180 valence electrons. The van der Waals surface area contributed by atoms with Crippen LogP contribution in [-0.2, 0) is 29.6 Å². The number of hydrogen-bond acceptors (Lipinski definition) is 7. The summed E-state index contributed by atoms with van der Waals surface area (Å²) >= 11 is 0. The lowest BCUT2D eigenvalue weighted by molar-refractivity contribution is 0.291. The summed E-state index contributed by atoms with van der Waals surface area (Å²) in [6, 6.07) is 12.5. The summed E-state index contributed by atoms with van der Waals surface area (Å²) in [5, 5.41) is 4.06. The maximum Gasteiger partial charge on any atom is 0.242 e. The van der Waals surface area contributed by atoms with E-state index >= 15 is 0 Å². The molecule has 0 N–H and O–H groups in total. The lowest BCUT2D eigenvalue weighted by Crippen LogP contribution is -2.22. The number of nitrogens with zero attached hydrogens (tertiary/aromatic N) is 5. The van der Waals surface area contributed by atoms with Gasteiger partial charge in [0.05, 0.1) is 15.9 Å². The van der Waals surface area contributed by atoms with Crippen LogP contribution < -0.4 is 4.74 Å². The van der Waals surface area contributed by atoms with E-state index in [1.54, 1.807) is 18.2 Å². The molecule has 2 aromatic heterocycles. The second-order valence-corrected chi connectivity index (χ2v) is 10.3. The van der Waals surface area contributed by atoms with Crippen molar-refractivity contribution in [2.75, 3.05) is 14.1 Å². The first kappa shape index (κ1) is 23.9. The van der Waals surface area contributed by atoms with Gasteiger partial charge in [-0.25, -0.2) is 17.7 Å². The SMILES string of the molecule is CCCCc1nc(-c2ccc(OCc3nc4cc(S(=O)(=O)N(C)C)ccc4n3CC)cc2)no1. The number of fused-ring (bicyclic) bond motifs is 1. The van der Waals surface area contributed by atoms with E-state index in [-0.39, 0.29) is 11.5 Å². The van der Waals surface area contributed by atoms with Crippen molar-refractivity contribution in [3.63, 3.8) is 0 Å². The summed E-state index contributed by atoms with van der Waals surface area (Å²) < 4.78 is 39.5. The maximum absolute atomic E-state index is 12.5. The van der Waals surface area contributed by atoms with E-state index in [0.717, 1.165) is 36.2 Å². The maximum atomic E-state index is 12.5. The highest BCUT2D eigenvalue weighted by molar-refractivity contribution is 7.89. The molecular weight excluding hydrogens is 454 g/mol. The van der Waals surface area contributed by atoms with E-state index < -0.39 is 10.0 Å². The van der Waals surface area contributed by atoms with Gasteiger partial charge in [-0.2, -0.15) is 4.98 Å². The van der Waals surface area contributed by atoms with Crippen LogP contribution in [0.3, 0.4) is 0 Å². The summed E-state index contributed by atoms with van der Waals surface area (Å²) in [4.78, 5) is 9.31. The van der Waals surface area contributed by atoms with Crippen molar-refractivity contribution < 1.29 is 17.7 Å². The fraction of sp³-hybridized carbons (Fsp3) is 0.375. The van der Waals surface area contributed by atoms with E-state index in [2.05, 4.69) is 22.0 Å². The van der Waals surface area contributed by atoms with Gasteiger partial charge in [-0.1, -0.05) is 18.5 Å². The van der Waals surface area contributed by atoms with Gasteiger partial charge in [-0.3, -0.25) is 0 Å². The quantitative estimate of drug-likeness (QED) is 0.332. The zero-order chi connectivity index (χ0) is 24.3. The third-order valence-corrected chi connectivity index (χ3v) is 7.40. The Morgan fingerprint density at radius 3 is 2.50 bits per heavy atom. The van der Waals surface area contributed by atoms with Gasteiger partial charge in [-0.05, 0) is 55.8 Å².